The Labute approximate surface area is 253 Å². The summed E-state index contributed by atoms with van der Waals surface area (Å²) in [5.74, 6) is 1.49. The van der Waals surface area contributed by atoms with Gasteiger partial charge in [-0.3, -0.25) is 4.79 Å². The summed E-state index contributed by atoms with van der Waals surface area (Å²) in [6.07, 6.45) is 7.56. The number of benzene rings is 2. The molecule has 2 saturated heterocycles. The van der Waals surface area contributed by atoms with Crippen molar-refractivity contribution in [2.24, 2.45) is 5.92 Å². The minimum absolute atomic E-state index is 0.0734. The molecule has 2 fully saturated rings. The van der Waals surface area contributed by atoms with Crippen LogP contribution in [-0.2, 0) is 16.0 Å². The molecule has 230 valence electrons. The summed E-state index contributed by atoms with van der Waals surface area (Å²) in [5, 5.41) is 0.689. The van der Waals surface area contributed by atoms with E-state index < -0.39 is 5.63 Å². The van der Waals surface area contributed by atoms with Crippen molar-refractivity contribution in [1.82, 2.24) is 9.80 Å². The first-order valence-corrected chi connectivity index (χ1v) is 15.8. The second kappa shape index (κ2) is 12.7. The van der Waals surface area contributed by atoms with E-state index in [0.29, 0.717) is 60.5 Å². The van der Waals surface area contributed by atoms with Gasteiger partial charge in [0, 0.05) is 49.5 Å². The van der Waals surface area contributed by atoms with Crippen LogP contribution in [0.25, 0.3) is 22.1 Å². The van der Waals surface area contributed by atoms with Crippen LogP contribution in [0.3, 0.4) is 0 Å². The second-order valence-corrected chi connectivity index (χ2v) is 12.9. The highest BCUT2D eigenvalue weighted by atomic mass is 16.5. The first-order chi connectivity index (χ1) is 20.8. The van der Waals surface area contributed by atoms with Gasteiger partial charge in [-0.25, -0.2) is 4.79 Å². The van der Waals surface area contributed by atoms with Crippen LogP contribution >= 0.6 is 0 Å². The lowest BCUT2D eigenvalue weighted by molar-refractivity contribution is -0.135. The second-order valence-electron chi connectivity index (χ2n) is 12.9. The lowest BCUT2D eigenvalue weighted by Crippen LogP contribution is -2.52. The zero-order valence-electron chi connectivity index (χ0n) is 25.7. The van der Waals surface area contributed by atoms with Crippen molar-refractivity contribution in [3.63, 3.8) is 0 Å². The van der Waals surface area contributed by atoms with Gasteiger partial charge in [-0.05, 0) is 76.9 Å². The Bertz CT molecular complexity index is 1500. The monoisotopic (exact) mass is 588 g/mol. The molecule has 0 N–H and O–H groups in total. The van der Waals surface area contributed by atoms with Gasteiger partial charge in [0.15, 0.2) is 6.61 Å². The molecule has 0 bridgehead atoms. The van der Waals surface area contributed by atoms with Gasteiger partial charge in [-0.1, -0.05) is 36.8 Å². The minimum Gasteiger partial charge on any atom is -0.487 e. The van der Waals surface area contributed by atoms with Gasteiger partial charge in [-0.2, -0.15) is 0 Å². The van der Waals surface area contributed by atoms with E-state index >= 15 is 0 Å². The highest BCUT2D eigenvalue weighted by Crippen LogP contribution is 2.45. The molecular formula is C35H44N2O6. The number of methoxy groups -OCH3 is 1. The fourth-order valence-electron chi connectivity index (χ4n) is 7.23. The zero-order chi connectivity index (χ0) is 30.0. The van der Waals surface area contributed by atoms with E-state index in [4.69, 9.17) is 18.6 Å². The number of piperidine rings is 2. The molecule has 8 nitrogen and oxygen atoms in total. The van der Waals surface area contributed by atoms with E-state index in [1.54, 1.807) is 7.11 Å². The van der Waals surface area contributed by atoms with Gasteiger partial charge in [-0.15, -0.1) is 0 Å². The Balaban J connectivity index is 1.32. The summed E-state index contributed by atoms with van der Waals surface area (Å²) in [4.78, 5) is 31.2. The lowest BCUT2D eigenvalue weighted by atomic mass is 9.83. The van der Waals surface area contributed by atoms with Crippen molar-refractivity contribution in [2.75, 3.05) is 46.5 Å². The number of carbonyl (C=O) groups excluding carboxylic acids is 1. The molecule has 3 aliphatic rings. The number of nitrogens with zero attached hydrogens (tertiary/aromatic N) is 2. The molecule has 2 aromatic carbocycles. The highest BCUT2D eigenvalue weighted by Gasteiger charge is 2.35. The molecule has 43 heavy (non-hydrogen) atoms. The summed E-state index contributed by atoms with van der Waals surface area (Å²) < 4.78 is 24.0. The number of ether oxygens (including phenoxy) is 3. The van der Waals surface area contributed by atoms with Gasteiger partial charge in [0.2, 0.25) is 0 Å². The Hall–Kier alpha value is -3.36. The first kappa shape index (κ1) is 29.7. The molecule has 8 heteroatoms. The average molecular weight is 589 g/mol. The fraction of sp³-hybridized carbons (Fsp3) is 0.543. The summed E-state index contributed by atoms with van der Waals surface area (Å²) in [5.41, 5.74) is 2.13. The number of carbonyl (C=O) groups is 1. The highest BCUT2D eigenvalue weighted by molar-refractivity contribution is 6.00. The molecule has 6 rings (SSSR count). The van der Waals surface area contributed by atoms with Gasteiger partial charge in [0.05, 0.1) is 12.0 Å². The van der Waals surface area contributed by atoms with Crippen LogP contribution in [0.2, 0.25) is 0 Å². The molecule has 0 radical (unpaired) electrons. The predicted octanol–water partition coefficient (Wildman–Crippen LogP) is 5.68. The maximum absolute atomic E-state index is 13.8. The quantitative estimate of drug-likeness (QED) is 0.298. The normalized spacial score (nSPS) is 21.5. The minimum atomic E-state index is -0.429. The molecule has 1 amide bonds. The SMILES string of the molecule is COCCN(C[C@@H]1CCCN2CCCCC12)C(=O)COc1cc2c(c3oc(=O)cc(-c4ccccc4)c13)CCC(C)(C)O2. The number of fused-ring (bicyclic) bond motifs is 4. The summed E-state index contributed by atoms with van der Waals surface area (Å²) >= 11 is 0. The van der Waals surface area contributed by atoms with Crippen molar-refractivity contribution < 1.29 is 23.4 Å². The lowest BCUT2D eigenvalue weighted by Gasteiger charge is -2.45. The van der Waals surface area contributed by atoms with Crippen LogP contribution in [0.5, 0.6) is 11.5 Å². The number of rotatable bonds is 9. The molecule has 4 heterocycles. The standard InChI is InChI=1S/C35H44N2O6/c1-35(2)15-14-26-29(43-35)21-30(33-27(20-32(39)42-34(26)33)24-10-5-4-6-11-24)41-23-31(38)37(18-19-40-3)22-25-12-9-17-36-16-8-7-13-28(25)36/h4-6,10-11,20-21,25,28H,7-9,12-19,22-23H2,1-3H3/t25-,28?/m0/s1. The first-order valence-electron chi connectivity index (χ1n) is 15.8. The molecule has 1 aromatic heterocycles. The third kappa shape index (κ3) is 6.46. The number of hydrogen-bond acceptors (Lipinski definition) is 7. The third-order valence-corrected chi connectivity index (χ3v) is 9.44. The van der Waals surface area contributed by atoms with Crippen molar-refractivity contribution in [3.8, 4) is 22.6 Å². The van der Waals surface area contributed by atoms with Crippen molar-refractivity contribution >= 4 is 16.9 Å². The number of amides is 1. The molecule has 2 atom stereocenters. The third-order valence-electron chi connectivity index (χ3n) is 9.44. The van der Waals surface area contributed by atoms with Crippen molar-refractivity contribution in [1.29, 1.82) is 0 Å². The van der Waals surface area contributed by atoms with E-state index in [1.807, 2.05) is 55.1 Å². The number of hydrogen-bond donors (Lipinski definition) is 0. The largest absolute Gasteiger partial charge is 0.487 e. The molecule has 3 aromatic rings. The van der Waals surface area contributed by atoms with Crippen molar-refractivity contribution in [3.05, 3.63) is 58.4 Å². The summed E-state index contributed by atoms with van der Waals surface area (Å²) in [7, 11) is 1.67. The van der Waals surface area contributed by atoms with Crippen LogP contribution in [0.1, 0.15) is 57.9 Å². The molecule has 0 aliphatic carbocycles. The average Bonchev–Trinajstić information content (AvgIpc) is 3.01. The number of aryl methyl sites for hydroxylation is 1. The van der Waals surface area contributed by atoms with E-state index in [-0.39, 0.29) is 18.1 Å². The maximum Gasteiger partial charge on any atom is 0.336 e. The van der Waals surface area contributed by atoms with Crippen LogP contribution in [0.4, 0.5) is 0 Å². The summed E-state index contributed by atoms with van der Waals surface area (Å²) in [6, 6.07) is 13.7. The van der Waals surface area contributed by atoms with E-state index in [9.17, 15) is 9.59 Å². The maximum atomic E-state index is 13.8. The Kier molecular flexibility index (Phi) is 8.78. The van der Waals surface area contributed by atoms with E-state index in [0.717, 1.165) is 29.5 Å². The van der Waals surface area contributed by atoms with Crippen molar-refractivity contribution in [2.45, 2.75) is 70.4 Å². The van der Waals surface area contributed by atoms with Gasteiger partial charge in [0.25, 0.3) is 5.91 Å². The Morgan fingerprint density at radius 2 is 1.91 bits per heavy atom. The van der Waals surface area contributed by atoms with Crippen LogP contribution < -0.4 is 15.1 Å². The van der Waals surface area contributed by atoms with Crippen LogP contribution in [0.15, 0.2) is 51.7 Å². The molecular weight excluding hydrogens is 544 g/mol. The van der Waals surface area contributed by atoms with Gasteiger partial charge >= 0.3 is 5.63 Å². The predicted molar refractivity (Wildman–Crippen MR) is 167 cm³/mol. The topological polar surface area (TPSA) is 81.5 Å². The molecule has 3 aliphatic heterocycles. The van der Waals surface area contributed by atoms with E-state index in [1.165, 1.54) is 44.8 Å². The van der Waals surface area contributed by atoms with Gasteiger partial charge < -0.3 is 28.4 Å². The fourth-order valence-corrected chi connectivity index (χ4v) is 7.23. The van der Waals surface area contributed by atoms with Crippen LogP contribution in [0, 0.1) is 5.92 Å². The Morgan fingerprint density at radius 1 is 1.09 bits per heavy atom. The zero-order valence-corrected chi connectivity index (χ0v) is 25.7. The molecule has 1 unspecified atom stereocenters. The van der Waals surface area contributed by atoms with E-state index in [2.05, 4.69) is 4.90 Å². The van der Waals surface area contributed by atoms with Crippen LogP contribution in [-0.4, -0.2) is 73.9 Å². The van der Waals surface area contributed by atoms with Gasteiger partial charge in [0.1, 0.15) is 22.7 Å². The summed E-state index contributed by atoms with van der Waals surface area (Å²) in [6.45, 7) is 8.00. The molecule has 0 saturated carbocycles. The smallest absolute Gasteiger partial charge is 0.336 e. The molecule has 0 spiro atoms. The Morgan fingerprint density at radius 3 is 2.72 bits per heavy atom.